The third-order valence-electron chi connectivity index (χ3n) is 4.19. The summed E-state index contributed by atoms with van der Waals surface area (Å²) in [5.74, 6) is -0.0347. The van der Waals surface area contributed by atoms with E-state index < -0.39 is 0 Å². The molecule has 0 saturated carbocycles. The second-order valence-corrected chi connectivity index (χ2v) is 5.46. The number of rotatable bonds is 3. The van der Waals surface area contributed by atoms with Gasteiger partial charge < -0.3 is 10.2 Å². The van der Waals surface area contributed by atoms with Crippen molar-refractivity contribution in [1.29, 1.82) is 0 Å². The smallest absolute Gasteiger partial charge is 0.274 e. The van der Waals surface area contributed by atoms with Crippen LogP contribution in [0, 0.1) is 0 Å². The van der Waals surface area contributed by atoms with Gasteiger partial charge in [-0.2, -0.15) is 5.10 Å². The summed E-state index contributed by atoms with van der Waals surface area (Å²) >= 11 is 0. The average molecular weight is 321 g/mol. The quantitative estimate of drug-likeness (QED) is 0.912. The highest BCUT2D eigenvalue weighted by Gasteiger charge is 2.26. The first-order chi connectivity index (χ1) is 10.2. The summed E-state index contributed by atoms with van der Waals surface area (Å²) in [5, 5.41) is 10.5. The Morgan fingerprint density at radius 3 is 2.77 bits per heavy atom. The molecule has 6 heteroatoms. The van der Waals surface area contributed by atoms with Gasteiger partial charge in [0, 0.05) is 37.8 Å². The van der Waals surface area contributed by atoms with Crippen molar-refractivity contribution in [1.82, 2.24) is 20.4 Å². The van der Waals surface area contributed by atoms with Gasteiger partial charge in [0.05, 0.1) is 6.04 Å². The molecule has 22 heavy (non-hydrogen) atoms. The van der Waals surface area contributed by atoms with Gasteiger partial charge in [0.25, 0.3) is 5.91 Å². The van der Waals surface area contributed by atoms with Crippen molar-refractivity contribution < 1.29 is 4.79 Å². The van der Waals surface area contributed by atoms with E-state index in [4.69, 9.17) is 0 Å². The molecule has 1 aromatic carbocycles. The molecule has 0 spiro atoms. The van der Waals surface area contributed by atoms with E-state index in [0.717, 1.165) is 29.8 Å². The molecule has 0 saturated heterocycles. The summed E-state index contributed by atoms with van der Waals surface area (Å²) in [6.07, 6.45) is 0.896. The normalized spacial score (nSPS) is 14.6. The highest BCUT2D eigenvalue weighted by atomic mass is 35.5. The number of halogens is 1. The number of nitrogens with one attached hydrogen (secondary N) is 2. The highest BCUT2D eigenvalue weighted by Crippen LogP contribution is 2.22. The van der Waals surface area contributed by atoms with Crippen molar-refractivity contribution in [2.75, 3.05) is 13.6 Å². The molecule has 0 fully saturated rings. The fourth-order valence-corrected chi connectivity index (χ4v) is 2.70. The highest BCUT2D eigenvalue weighted by molar-refractivity contribution is 5.94. The molecule has 0 radical (unpaired) electrons. The number of hydrogen-bond donors (Lipinski definition) is 2. The second kappa shape index (κ2) is 6.94. The molecule has 2 aromatic rings. The number of carbonyl (C=O) groups excluding carboxylic acids is 1. The van der Waals surface area contributed by atoms with E-state index in [1.54, 1.807) is 4.90 Å². The first-order valence-electron chi connectivity index (χ1n) is 7.27. The van der Waals surface area contributed by atoms with Gasteiger partial charge in [-0.05, 0) is 12.5 Å². The molecule has 1 unspecified atom stereocenters. The van der Waals surface area contributed by atoms with E-state index in [2.05, 4.69) is 15.5 Å². The predicted molar refractivity (Wildman–Crippen MR) is 88.2 cm³/mol. The predicted octanol–water partition coefficient (Wildman–Crippen LogP) is 2.31. The molecule has 1 atom stereocenters. The van der Waals surface area contributed by atoms with Crippen LogP contribution in [0.15, 0.2) is 30.3 Å². The zero-order valence-corrected chi connectivity index (χ0v) is 13.6. The van der Waals surface area contributed by atoms with Crippen LogP contribution in [-0.4, -0.2) is 34.6 Å². The van der Waals surface area contributed by atoms with Crippen LogP contribution in [0.4, 0.5) is 0 Å². The maximum absolute atomic E-state index is 12.7. The van der Waals surface area contributed by atoms with Crippen molar-refractivity contribution in [2.24, 2.45) is 0 Å². The Bertz CT molecular complexity index is 641. The van der Waals surface area contributed by atoms with Crippen LogP contribution >= 0.6 is 12.4 Å². The number of nitrogens with zero attached hydrogens (tertiary/aromatic N) is 2. The van der Waals surface area contributed by atoms with Crippen molar-refractivity contribution in [3.8, 4) is 0 Å². The number of benzene rings is 1. The number of aromatic amines is 1. The standard InChI is InChI=1S/C16H20N4O.ClH/c1-11(12-6-4-3-5-7-12)20(2)16(21)15-13-10-17-9-8-14(13)18-19-15;/h3-7,11,17H,8-10H2,1-2H3,(H,18,19);1H. The first-order valence-corrected chi connectivity index (χ1v) is 7.27. The summed E-state index contributed by atoms with van der Waals surface area (Å²) in [6, 6.07) is 10.1. The number of amides is 1. The van der Waals surface area contributed by atoms with Crippen LogP contribution in [0.1, 0.15) is 40.3 Å². The van der Waals surface area contributed by atoms with Crippen LogP contribution in [0.3, 0.4) is 0 Å². The molecule has 118 valence electrons. The topological polar surface area (TPSA) is 61.0 Å². The minimum Gasteiger partial charge on any atom is -0.334 e. The van der Waals surface area contributed by atoms with Gasteiger partial charge in [0.15, 0.2) is 5.69 Å². The van der Waals surface area contributed by atoms with Crippen LogP contribution in [0.2, 0.25) is 0 Å². The van der Waals surface area contributed by atoms with Crippen LogP contribution in [-0.2, 0) is 13.0 Å². The summed E-state index contributed by atoms with van der Waals surface area (Å²) in [5.41, 5.74) is 3.76. The largest absolute Gasteiger partial charge is 0.334 e. The Kier molecular flexibility index (Phi) is 5.21. The second-order valence-electron chi connectivity index (χ2n) is 5.46. The maximum Gasteiger partial charge on any atom is 0.274 e. The Morgan fingerprint density at radius 1 is 1.32 bits per heavy atom. The van der Waals surface area contributed by atoms with Gasteiger partial charge >= 0.3 is 0 Å². The lowest BCUT2D eigenvalue weighted by atomic mass is 10.0. The van der Waals surface area contributed by atoms with Gasteiger partial charge in [-0.15, -0.1) is 12.4 Å². The molecule has 2 N–H and O–H groups in total. The molecule has 0 aliphatic carbocycles. The Balaban J connectivity index is 0.00000176. The van der Waals surface area contributed by atoms with Crippen molar-refractivity contribution >= 4 is 18.3 Å². The third kappa shape index (κ3) is 3.00. The van der Waals surface area contributed by atoms with Gasteiger partial charge in [0.1, 0.15) is 0 Å². The van der Waals surface area contributed by atoms with Gasteiger partial charge in [-0.3, -0.25) is 9.89 Å². The number of carbonyl (C=O) groups is 1. The minimum absolute atomic E-state index is 0. The first kappa shape index (κ1) is 16.5. The molecule has 1 aliphatic heterocycles. The number of aromatic nitrogens is 2. The van der Waals surface area contributed by atoms with E-state index in [-0.39, 0.29) is 24.4 Å². The summed E-state index contributed by atoms with van der Waals surface area (Å²) in [6.45, 7) is 3.67. The van der Waals surface area contributed by atoms with Gasteiger partial charge in [0.2, 0.25) is 0 Å². The number of fused-ring (bicyclic) bond motifs is 1. The fraction of sp³-hybridized carbons (Fsp3) is 0.375. The molecule has 2 heterocycles. The lowest BCUT2D eigenvalue weighted by molar-refractivity contribution is 0.0735. The molecule has 3 rings (SSSR count). The van der Waals surface area contributed by atoms with Gasteiger partial charge in [-0.1, -0.05) is 30.3 Å². The van der Waals surface area contributed by atoms with Gasteiger partial charge in [-0.25, -0.2) is 0 Å². The van der Waals surface area contributed by atoms with E-state index in [1.807, 2.05) is 44.3 Å². The lowest BCUT2D eigenvalue weighted by Gasteiger charge is -2.25. The lowest BCUT2D eigenvalue weighted by Crippen LogP contribution is -2.32. The van der Waals surface area contributed by atoms with Crippen LogP contribution in [0.25, 0.3) is 0 Å². The van der Waals surface area contributed by atoms with E-state index in [0.29, 0.717) is 12.2 Å². The van der Waals surface area contributed by atoms with E-state index >= 15 is 0 Å². The minimum atomic E-state index is -0.0347. The fourth-order valence-electron chi connectivity index (χ4n) is 2.70. The monoisotopic (exact) mass is 320 g/mol. The zero-order chi connectivity index (χ0) is 14.8. The van der Waals surface area contributed by atoms with E-state index in [1.165, 1.54) is 0 Å². The Labute approximate surface area is 136 Å². The van der Waals surface area contributed by atoms with Crippen molar-refractivity contribution in [3.05, 3.63) is 52.8 Å². The Hall–Kier alpha value is -1.85. The molecule has 1 amide bonds. The molecule has 5 nitrogen and oxygen atoms in total. The Morgan fingerprint density at radius 2 is 2.05 bits per heavy atom. The van der Waals surface area contributed by atoms with Crippen molar-refractivity contribution in [3.63, 3.8) is 0 Å². The number of hydrogen-bond acceptors (Lipinski definition) is 3. The summed E-state index contributed by atoms with van der Waals surface area (Å²) in [7, 11) is 1.83. The van der Waals surface area contributed by atoms with Crippen LogP contribution < -0.4 is 5.32 Å². The molecule has 1 aliphatic rings. The van der Waals surface area contributed by atoms with Crippen molar-refractivity contribution in [2.45, 2.75) is 25.9 Å². The van der Waals surface area contributed by atoms with E-state index in [9.17, 15) is 4.79 Å². The zero-order valence-electron chi connectivity index (χ0n) is 12.8. The number of H-pyrrole nitrogens is 1. The molecule has 0 bridgehead atoms. The third-order valence-corrected chi connectivity index (χ3v) is 4.19. The summed E-state index contributed by atoms with van der Waals surface area (Å²) < 4.78 is 0. The SMILES string of the molecule is CC(c1ccccc1)N(C)C(=O)c1n[nH]c2c1CNCC2.Cl. The van der Waals surface area contributed by atoms with Crippen LogP contribution in [0.5, 0.6) is 0 Å². The molecular formula is C16H21ClN4O. The molecular weight excluding hydrogens is 300 g/mol. The maximum atomic E-state index is 12.7. The molecule has 1 aromatic heterocycles. The average Bonchev–Trinajstić information content (AvgIpc) is 2.97. The summed E-state index contributed by atoms with van der Waals surface area (Å²) in [4.78, 5) is 14.5.